The van der Waals surface area contributed by atoms with E-state index in [1.807, 2.05) is 41.2 Å². The molecule has 0 unspecified atom stereocenters. The van der Waals surface area contributed by atoms with Gasteiger partial charge in [0.2, 0.25) is 0 Å². The average Bonchev–Trinajstić information content (AvgIpc) is 2.86. The number of nitrogens with zero attached hydrogens (tertiary/aromatic N) is 2. The normalized spacial score (nSPS) is 11.2. The van der Waals surface area contributed by atoms with Crippen LogP contribution in [0.3, 0.4) is 0 Å². The summed E-state index contributed by atoms with van der Waals surface area (Å²) in [5.74, 6) is 0. The number of halogens is 2. The van der Waals surface area contributed by atoms with E-state index < -0.39 is 0 Å². The van der Waals surface area contributed by atoms with E-state index in [-0.39, 0.29) is 6.61 Å². The topological polar surface area (TPSA) is 38.0 Å². The van der Waals surface area contributed by atoms with E-state index in [2.05, 4.69) is 21.0 Å². The van der Waals surface area contributed by atoms with Gasteiger partial charge in [-0.3, -0.25) is 4.68 Å². The van der Waals surface area contributed by atoms with Gasteiger partial charge in [-0.05, 0) is 29.3 Å². The van der Waals surface area contributed by atoms with Gasteiger partial charge in [0.25, 0.3) is 0 Å². The Bertz CT molecular complexity index is 770. The van der Waals surface area contributed by atoms with Gasteiger partial charge < -0.3 is 5.11 Å². The van der Waals surface area contributed by atoms with Crippen LogP contribution in [0.15, 0.2) is 47.1 Å². The van der Waals surface area contributed by atoms with Crippen LogP contribution < -0.4 is 0 Å². The molecule has 0 fully saturated rings. The van der Waals surface area contributed by atoms with Crippen LogP contribution in [0.25, 0.3) is 10.9 Å². The molecule has 0 atom stereocenters. The van der Waals surface area contributed by atoms with Gasteiger partial charge in [-0.25, -0.2) is 0 Å². The van der Waals surface area contributed by atoms with Crippen LogP contribution in [-0.2, 0) is 13.2 Å². The maximum atomic E-state index is 9.10. The molecule has 0 saturated heterocycles. The molecule has 1 aromatic heterocycles. The van der Waals surface area contributed by atoms with E-state index >= 15 is 0 Å². The molecular formula is C15H12BrClN2O. The minimum absolute atomic E-state index is 0.00233. The fraction of sp³-hybridized carbons (Fsp3) is 0.133. The third-order valence-electron chi connectivity index (χ3n) is 3.25. The van der Waals surface area contributed by atoms with Crippen molar-refractivity contribution in [2.75, 3.05) is 0 Å². The first-order valence-electron chi connectivity index (χ1n) is 6.17. The minimum atomic E-state index is -0.00233. The van der Waals surface area contributed by atoms with Crippen LogP contribution in [0.2, 0.25) is 5.02 Å². The number of hydrogen-bond donors (Lipinski definition) is 1. The summed E-state index contributed by atoms with van der Waals surface area (Å²) in [5.41, 5.74) is 2.85. The van der Waals surface area contributed by atoms with E-state index in [9.17, 15) is 0 Å². The summed E-state index contributed by atoms with van der Waals surface area (Å²) in [6.07, 6.45) is 1.84. The third kappa shape index (κ3) is 2.46. The third-order valence-corrected chi connectivity index (χ3v) is 4.30. The van der Waals surface area contributed by atoms with Gasteiger partial charge in [0.05, 0.1) is 24.9 Å². The quantitative estimate of drug-likeness (QED) is 0.775. The van der Waals surface area contributed by atoms with Crippen LogP contribution in [0, 0.1) is 0 Å². The summed E-state index contributed by atoms with van der Waals surface area (Å²) < 4.78 is 2.95. The van der Waals surface area contributed by atoms with Gasteiger partial charge in [0, 0.05) is 14.9 Å². The maximum Gasteiger partial charge on any atom is 0.0697 e. The van der Waals surface area contributed by atoms with Crippen LogP contribution in [0.5, 0.6) is 0 Å². The number of rotatable bonds is 3. The molecule has 3 aromatic rings. The Balaban J connectivity index is 1.99. The second-order valence-corrected chi connectivity index (χ2v) is 5.82. The first kappa shape index (κ1) is 13.6. The molecule has 0 saturated carbocycles. The van der Waals surface area contributed by atoms with Crippen LogP contribution in [-0.4, -0.2) is 14.9 Å². The second kappa shape index (κ2) is 5.56. The monoisotopic (exact) mass is 350 g/mol. The molecule has 0 amide bonds. The van der Waals surface area contributed by atoms with Crippen molar-refractivity contribution >= 4 is 38.4 Å². The Labute approximate surface area is 129 Å². The molecule has 0 radical (unpaired) electrons. The summed E-state index contributed by atoms with van der Waals surface area (Å²) in [5, 5.41) is 15.2. The Hall–Kier alpha value is -1.36. The molecule has 0 aliphatic heterocycles. The van der Waals surface area contributed by atoms with Crippen molar-refractivity contribution in [3.63, 3.8) is 0 Å². The lowest BCUT2D eigenvalue weighted by atomic mass is 10.1. The zero-order chi connectivity index (χ0) is 14.1. The number of aliphatic hydroxyl groups is 1. The molecule has 1 N–H and O–H groups in total. The van der Waals surface area contributed by atoms with Crippen LogP contribution >= 0.6 is 27.5 Å². The first-order valence-corrected chi connectivity index (χ1v) is 7.34. The van der Waals surface area contributed by atoms with Crippen LogP contribution in [0.4, 0.5) is 0 Å². The highest BCUT2D eigenvalue weighted by atomic mass is 79.9. The molecule has 3 nitrogen and oxygen atoms in total. The van der Waals surface area contributed by atoms with Gasteiger partial charge in [-0.2, -0.15) is 5.10 Å². The fourth-order valence-electron chi connectivity index (χ4n) is 2.17. The van der Waals surface area contributed by atoms with E-state index in [0.717, 1.165) is 26.5 Å². The zero-order valence-corrected chi connectivity index (χ0v) is 12.9. The minimum Gasteiger partial charge on any atom is -0.392 e. The number of aliphatic hydroxyl groups excluding tert-OH is 1. The van der Waals surface area contributed by atoms with Gasteiger partial charge in [-0.1, -0.05) is 45.7 Å². The van der Waals surface area contributed by atoms with E-state index in [1.165, 1.54) is 0 Å². The second-order valence-electron chi connectivity index (χ2n) is 4.56. The SMILES string of the molecule is OCc1ccc(Cn2ncc3c(Br)cccc32)c(Cl)c1. The Kier molecular flexibility index (Phi) is 3.78. The van der Waals surface area contributed by atoms with E-state index in [0.29, 0.717) is 11.6 Å². The van der Waals surface area contributed by atoms with Crippen molar-refractivity contribution in [2.45, 2.75) is 13.2 Å². The molecule has 1 heterocycles. The fourth-order valence-corrected chi connectivity index (χ4v) is 2.89. The van der Waals surface area contributed by atoms with Gasteiger partial charge >= 0.3 is 0 Å². The summed E-state index contributed by atoms with van der Waals surface area (Å²) >= 11 is 9.77. The molecule has 3 rings (SSSR count). The van der Waals surface area contributed by atoms with Crippen molar-refractivity contribution in [2.24, 2.45) is 0 Å². The molecule has 20 heavy (non-hydrogen) atoms. The standard InChI is InChI=1S/C15H12BrClN2O/c16-13-2-1-3-15-12(13)7-18-19(15)8-11-5-4-10(9-20)6-14(11)17/h1-7,20H,8-9H2. The van der Waals surface area contributed by atoms with E-state index in [4.69, 9.17) is 16.7 Å². The molecular weight excluding hydrogens is 340 g/mol. The van der Waals surface area contributed by atoms with Gasteiger partial charge in [-0.15, -0.1) is 0 Å². The molecule has 102 valence electrons. The lowest BCUT2D eigenvalue weighted by Gasteiger charge is -2.07. The van der Waals surface area contributed by atoms with E-state index in [1.54, 1.807) is 6.07 Å². The summed E-state index contributed by atoms with van der Waals surface area (Å²) in [6.45, 7) is 0.599. The molecule has 2 aromatic carbocycles. The lowest BCUT2D eigenvalue weighted by Crippen LogP contribution is -2.02. The maximum absolute atomic E-state index is 9.10. The summed E-state index contributed by atoms with van der Waals surface area (Å²) in [7, 11) is 0. The van der Waals surface area contributed by atoms with Crippen molar-refractivity contribution in [1.29, 1.82) is 0 Å². The van der Waals surface area contributed by atoms with Gasteiger partial charge in [0.1, 0.15) is 0 Å². The lowest BCUT2D eigenvalue weighted by molar-refractivity contribution is 0.282. The Morgan fingerprint density at radius 3 is 2.85 bits per heavy atom. The summed E-state index contributed by atoms with van der Waals surface area (Å²) in [4.78, 5) is 0. The van der Waals surface area contributed by atoms with Gasteiger partial charge in [0.15, 0.2) is 0 Å². The average molecular weight is 352 g/mol. The summed E-state index contributed by atoms with van der Waals surface area (Å²) in [6, 6.07) is 11.6. The predicted molar refractivity (Wildman–Crippen MR) is 83.9 cm³/mol. The zero-order valence-electron chi connectivity index (χ0n) is 10.6. The molecule has 0 bridgehead atoms. The van der Waals surface area contributed by atoms with Crippen LogP contribution in [0.1, 0.15) is 11.1 Å². The number of benzene rings is 2. The molecule has 5 heteroatoms. The Morgan fingerprint density at radius 2 is 2.10 bits per heavy atom. The highest BCUT2D eigenvalue weighted by Gasteiger charge is 2.08. The highest BCUT2D eigenvalue weighted by Crippen LogP contribution is 2.25. The Morgan fingerprint density at radius 1 is 1.25 bits per heavy atom. The first-order chi connectivity index (χ1) is 9.69. The highest BCUT2D eigenvalue weighted by molar-refractivity contribution is 9.10. The molecule has 0 spiro atoms. The smallest absolute Gasteiger partial charge is 0.0697 e. The predicted octanol–water partition coefficient (Wildman–Crippen LogP) is 3.99. The number of aromatic nitrogens is 2. The number of fused-ring (bicyclic) bond motifs is 1. The largest absolute Gasteiger partial charge is 0.392 e. The van der Waals surface area contributed by atoms with Crippen molar-refractivity contribution in [3.8, 4) is 0 Å². The van der Waals surface area contributed by atoms with Crippen molar-refractivity contribution in [3.05, 3.63) is 63.2 Å². The van der Waals surface area contributed by atoms with Crippen molar-refractivity contribution in [1.82, 2.24) is 9.78 Å². The molecule has 0 aliphatic carbocycles. The number of hydrogen-bond acceptors (Lipinski definition) is 2. The molecule has 0 aliphatic rings. The van der Waals surface area contributed by atoms with Crippen molar-refractivity contribution < 1.29 is 5.11 Å².